The zero-order valence-electron chi connectivity index (χ0n) is 15.2. The summed E-state index contributed by atoms with van der Waals surface area (Å²) in [6.07, 6.45) is 11.7. The van der Waals surface area contributed by atoms with Crippen molar-refractivity contribution in [2.75, 3.05) is 20.1 Å². The molecule has 1 amide bonds. The summed E-state index contributed by atoms with van der Waals surface area (Å²) >= 11 is 0. The molecule has 1 atom stereocenters. The molecular formula is C20H29ClN2O2. The molecule has 0 saturated heterocycles. The largest absolute Gasteiger partial charge is 0.414 e. The van der Waals surface area contributed by atoms with Crippen LogP contribution in [-0.2, 0) is 6.42 Å². The lowest BCUT2D eigenvalue weighted by Gasteiger charge is -2.18. The fraction of sp³-hybridized carbons (Fsp3) is 0.550. The normalized spacial score (nSPS) is 15.0. The minimum absolute atomic E-state index is 0. The van der Waals surface area contributed by atoms with E-state index in [-0.39, 0.29) is 24.5 Å². The average molecular weight is 365 g/mol. The maximum absolute atomic E-state index is 12.2. The van der Waals surface area contributed by atoms with Crippen molar-refractivity contribution in [3.63, 3.8) is 0 Å². The fourth-order valence-corrected chi connectivity index (χ4v) is 3.08. The second-order valence-electron chi connectivity index (χ2n) is 6.39. The lowest BCUT2D eigenvalue weighted by atomic mass is 10.1. The summed E-state index contributed by atoms with van der Waals surface area (Å²) in [6, 6.07) is 6.16. The Balaban J connectivity index is 0.00000312. The molecule has 0 radical (unpaired) electrons. The van der Waals surface area contributed by atoms with Crippen LogP contribution < -0.4 is 10.1 Å². The maximum atomic E-state index is 12.2. The molecule has 1 aliphatic carbocycles. The first kappa shape index (κ1) is 21.3. The first-order valence-corrected chi connectivity index (χ1v) is 8.88. The van der Waals surface area contributed by atoms with Crippen molar-refractivity contribution < 1.29 is 9.53 Å². The number of ether oxygens (including phenoxy) is 1. The molecule has 0 bridgehead atoms. The average Bonchev–Trinajstić information content (AvgIpc) is 2.99. The number of nitrogens with zero attached hydrogens (tertiary/aromatic N) is 1. The number of benzene rings is 1. The minimum atomic E-state index is -0.294. The van der Waals surface area contributed by atoms with Gasteiger partial charge in [0, 0.05) is 19.6 Å². The van der Waals surface area contributed by atoms with Crippen LogP contribution in [0.25, 0.3) is 0 Å². The van der Waals surface area contributed by atoms with Gasteiger partial charge in [-0.05, 0) is 42.5 Å². The van der Waals surface area contributed by atoms with Gasteiger partial charge >= 0.3 is 6.09 Å². The van der Waals surface area contributed by atoms with Gasteiger partial charge in [-0.1, -0.05) is 38.2 Å². The molecular weight excluding hydrogens is 336 g/mol. The highest BCUT2D eigenvalue weighted by molar-refractivity contribution is 5.85. The maximum Gasteiger partial charge on any atom is 0.414 e. The van der Waals surface area contributed by atoms with Crippen molar-refractivity contribution in [3.05, 3.63) is 29.3 Å². The van der Waals surface area contributed by atoms with E-state index in [1.165, 1.54) is 24.0 Å². The summed E-state index contributed by atoms with van der Waals surface area (Å²) in [5.74, 6) is 3.22. The van der Waals surface area contributed by atoms with Crippen LogP contribution in [0, 0.1) is 12.3 Å². The van der Waals surface area contributed by atoms with E-state index in [0.717, 1.165) is 32.2 Å². The van der Waals surface area contributed by atoms with Crippen molar-refractivity contribution in [3.8, 4) is 18.1 Å². The number of aryl methyl sites for hydroxylation is 1. The second-order valence-corrected chi connectivity index (χ2v) is 6.39. The van der Waals surface area contributed by atoms with Crippen LogP contribution in [0.5, 0.6) is 5.75 Å². The molecule has 0 spiro atoms. The first-order chi connectivity index (χ1) is 11.7. The molecule has 5 heteroatoms. The summed E-state index contributed by atoms with van der Waals surface area (Å²) < 4.78 is 5.53. The molecule has 1 unspecified atom stereocenters. The smallest absolute Gasteiger partial charge is 0.410 e. The number of halogens is 1. The minimum Gasteiger partial charge on any atom is -0.410 e. The number of terminal acetylenes is 1. The Labute approximate surface area is 157 Å². The standard InChI is InChI=1S/C20H28N2O2.ClH/c1-4-6-7-8-14-22(3)20(23)24-17-11-9-16-10-12-19(18(16)15-17)21-13-5-2;/h2,9,11,15,19,21H,4,6-8,10,12-14H2,1,3H3;1H. The highest BCUT2D eigenvalue weighted by atomic mass is 35.5. The number of carbonyl (C=O) groups excluding carboxylic acids is 1. The van der Waals surface area contributed by atoms with Crippen molar-refractivity contribution in [2.45, 2.75) is 51.5 Å². The molecule has 4 nitrogen and oxygen atoms in total. The number of hydrogen-bond acceptors (Lipinski definition) is 3. The number of nitrogens with one attached hydrogen (secondary N) is 1. The Morgan fingerprint density at radius 2 is 2.20 bits per heavy atom. The van der Waals surface area contributed by atoms with Gasteiger partial charge in [0.15, 0.2) is 0 Å². The quantitative estimate of drug-likeness (QED) is 0.551. The molecule has 0 fully saturated rings. The van der Waals surface area contributed by atoms with E-state index in [1.54, 1.807) is 11.9 Å². The van der Waals surface area contributed by atoms with Crippen LogP contribution in [0.2, 0.25) is 0 Å². The lowest BCUT2D eigenvalue weighted by Crippen LogP contribution is -2.30. The molecule has 0 aliphatic heterocycles. The van der Waals surface area contributed by atoms with E-state index in [9.17, 15) is 4.79 Å². The fourth-order valence-electron chi connectivity index (χ4n) is 3.08. The number of fused-ring (bicyclic) bond motifs is 1. The number of unbranched alkanes of at least 4 members (excludes halogenated alkanes) is 3. The van der Waals surface area contributed by atoms with E-state index in [4.69, 9.17) is 11.2 Å². The summed E-state index contributed by atoms with van der Waals surface area (Å²) in [6.45, 7) is 3.46. The summed E-state index contributed by atoms with van der Waals surface area (Å²) in [7, 11) is 1.79. The van der Waals surface area contributed by atoms with E-state index in [1.807, 2.05) is 12.1 Å². The highest BCUT2D eigenvalue weighted by Gasteiger charge is 2.23. The van der Waals surface area contributed by atoms with Crippen molar-refractivity contribution in [1.82, 2.24) is 10.2 Å². The Hall–Kier alpha value is -1.70. The molecule has 25 heavy (non-hydrogen) atoms. The van der Waals surface area contributed by atoms with Gasteiger partial charge in [0.25, 0.3) is 0 Å². The van der Waals surface area contributed by atoms with Crippen LogP contribution >= 0.6 is 12.4 Å². The van der Waals surface area contributed by atoms with Gasteiger partial charge in [-0.3, -0.25) is 5.32 Å². The molecule has 138 valence electrons. The summed E-state index contributed by atoms with van der Waals surface area (Å²) in [4.78, 5) is 13.8. The van der Waals surface area contributed by atoms with Gasteiger partial charge < -0.3 is 9.64 Å². The molecule has 1 aromatic rings. The van der Waals surface area contributed by atoms with Crippen molar-refractivity contribution in [2.24, 2.45) is 0 Å². The second kappa shape index (κ2) is 11.0. The number of rotatable bonds is 8. The highest BCUT2D eigenvalue weighted by Crippen LogP contribution is 2.33. The van der Waals surface area contributed by atoms with Crippen LogP contribution in [-0.4, -0.2) is 31.1 Å². The molecule has 2 rings (SSSR count). The number of hydrogen-bond donors (Lipinski definition) is 1. The zero-order valence-corrected chi connectivity index (χ0v) is 16.0. The molecule has 0 aromatic heterocycles. The zero-order chi connectivity index (χ0) is 17.4. The third kappa shape index (κ3) is 6.26. The van der Waals surface area contributed by atoms with E-state index in [2.05, 4.69) is 24.2 Å². The van der Waals surface area contributed by atoms with Crippen LogP contribution in [0.1, 0.15) is 56.2 Å². The topological polar surface area (TPSA) is 41.6 Å². The molecule has 1 N–H and O–H groups in total. The Bertz CT molecular complexity index is 598. The predicted octanol–water partition coefficient (Wildman–Crippen LogP) is 4.33. The third-order valence-electron chi connectivity index (χ3n) is 4.51. The van der Waals surface area contributed by atoms with Crippen molar-refractivity contribution >= 4 is 18.5 Å². The van der Waals surface area contributed by atoms with E-state index in [0.29, 0.717) is 12.3 Å². The number of amides is 1. The SMILES string of the molecule is C#CCNC1CCc2ccc(OC(=O)N(C)CCCCCC)cc21.Cl. The van der Waals surface area contributed by atoms with Gasteiger partial charge in [0.05, 0.1) is 6.54 Å². The van der Waals surface area contributed by atoms with Gasteiger partial charge in [0.2, 0.25) is 0 Å². The summed E-state index contributed by atoms with van der Waals surface area (Å²) in [5.41, 5.74) is 2.50. The Kier molecular flexibility index (Phi) is 9.41. The molecule has 0 saturated carbocycles. The van der Waals surface area contributed by atoms with Crippen molar-refractivity contribution in [1.29, 1.82) is 0 Å². The van der Waals surface area contributed by atoms with Crippen LogP contribution in [0.15, 0.2) is 18.2 Å². The van der Waals surface area contributed by atoms with Gasteiger partial charge in [-0.25, -0.2) is 4.79 Å². The molecule has 1 aliphatic rings. The molecule has 1 aromatic carbocycles. The van der Waals surface area contributed by atoms with Gasteiger partial charge in [-0.2, -0.15) is 0 Å². The first-order valence-electron chi connectivity index (χ1n) is 8.88. The van der Waals surface area contributed by atoms with Gasteiger partial charge in [0.1, 0.15) is 5.75 Å². The predicted molar refractivity (Wildman–Crippen MR) is 104 cm³/mol. The van der Waals surface area contributed by atoms with Crippen LogP contribution in [0.4, 0.5) is 4.79 Å². The van der Waals surface area contributed by atoms with Gasteiger partial charge in [-0.15, -0.1) is 18.8 Å². The van der Waals surface area contributed by atoms with Crippen LogP contribution in [0.3, 0.4) is 0 Å². The Morgan fingerprint density at radius 1 is 1.40 bits per heavy atom. The lowest BCUT2D eigenvalue weighted by molar-refractivity contribution is 0.162. The Morgan fingerprint density at radius 3 is 2.92 bits per heavy atom. The summed E-state index contributed by atoms with van der Waals surface area (Å²) in [5, 5.41) is 3.34. The third-order valence-corrected chi connectivity index (χ3v) is 4.51. The molecule has 0 heterocycles. The van der Waals surface area contributed by atoms with E-state index >= 15 is 0 Å². The monoisotopic (exact) mass is 364 g/mol. The van der Waals surface area contributed by atoms with E-state index < -0.39 is 0 Å². The number of carbonyl (C=O) groups is 1.